The van der Waals surface area contributed by atoms with Crippen LogP contribution >= 0.6 is 0 Å². The van der Waals surface area contributed by atoms with Crippen LogP contribution in [-0.2, 0) is 11.3 Å². The Kier molecular flexibility index (Phi) is 5.79. The maximum absolute atomic E-state index is 13.5. The van der Waals surface area contributed by atoms with E-state index in [0.29, 0.717) is 12.5 Å². The van der Waals surface area contributed by atoms with Gasteiger partial charge >= 0.3 is 0 Å². The van der Waals surface area contributed by atoms with Gasteiger partial charge in [-0.25, -0.2) is 0 Å². The molecule has 3 fully saturated rings. The molecule has 148 valence electrons. The number of likely N-dealkylation sites (tertiary alicyclic amines) is 1. The van der Waals surface area contributed by atoms with Gasteiger partial charge in [0.25, 0.3) is 0 Å². The van der Waals surface area contributed by atoms with Gasteiger partial charge in [0.1, 0.15) is 5.54 Å². The van der Waals surface area contributed by atoms with Crippen LogP contribution in [0, 0.1) is 5.92 Å². The smallest absolute Gasteiger partial charge is 0.243 e. The molecule has 1 amide bonds. The first-order valence-corrected chi connectivity index (χ1v) is 10.8. The highest BCUT2D eigenvalue weighted by atomic mass is 16.2. The summed E-state index contributed by atoms with van der Waals surface area (Å²) in [5.74, 6) is 1.22. The van der Waals surface area contributed by atoms with Gasteiger partial charge in [0.15, 0.2) is 0 Å². The second-order valence-corrected chi connectivity index (χ2v) is 8.84. The highest BCUT2D eigenvalue weighted by molar-refractivity contribution is 5.87. The third-order valence-electron chi connectivity index (χ3n) is 7.17. The van der Waals surface area contributed by atoms with E-state index in [4.69, 9.17) is 0 Å². The highest BCUT2D eigenvalue weighted by Gasteiger charge is 2.49. The molecule has 2 aliphatic heterocycles. The SMILES string of the molecule is CN1CCN(Cc2ccncc2)C(=O)C12CCN(CC1CCCCC1)CC2. The summed E-state index contributed by atoms with van der Waals surface area (Å²) in [5.41, 5.74) is 0.890. The molecule has 3 aliphatic rings. The molecule has 3 heterocycles. The van der Waals surface area contributed by atoms with Crippen LogP contribution in [0.5, 0.6) is 0 Å². The van der Waals surface area contributed by atoms with Crippen molar-refractivity contribution in [3.05, 3.63) is 30.1 Å². The molecule has 1 aromatic heterocycles. The van der Waals surface area contributed by atoms with Crippen molar-refractivity contribution in [1.29, 1.82) is 0 Å². The van der Waals surface area contributed by atoms with Gasteiger partial charge < -0.3 is 9.80 Å². The summed E-state index contributed by atoms with van der Waals surface area (Å²) in [7, 11) is 2.15. The van der Waals surface area contributed by atoms with Gasteiger partial charge in [-0.3, -0.25) is 14.7 Å². The molecule has 5 heteroatoms. The summed E-state index contributed by atoms with van der Waals surface area (Å²) in [6.07, 6.45) is 12.6. The van der Waals surface area contributed by atoms with E-state index in [0.717, 1.165) is 44.9 Å². The van der Waals surface area contributed by atoms with Gasteiger partial charge in [-0.2, -0.15) is 0 Å². The first kappa shape index (κ1) is 18.9. The number of piperazine rings is 1. The molecule has 0 radical (unpaired) electrons. The molecule has 1 aromatic rings. The number of carbonyl (C=O) groups is 1. The van der Waals surface area contributed by atoms with Gasteiger partial charge in [-0.1, -0.05) is 19.3 Å². The number of piperidine rings is 1. The number of nitrogens with zero attached hydrogens (tertiary/aromatic N) is 4. The number of rotatable bonds is 4. The Morgan fingerprint density at radius 1 is 1.04 bits per heavy atom. The van der Waals surface area contributed by atoms with Crippen LogP contribution in [0.3, 0.4) is 0 Å². The first-order valence-electron chi connectivity index (χ1n) is 10.8. The summed E-state index contributed by atoms with van der Waals surface area (Å²) in [6, 6.07) is 4.04. The van der Waals surface area contributed by atoms with E-state index < -0.39 is 0 Å². The van der Waals surface area contributed by atoms with Crippen LogP contribution in [0.1, 0.15) is 50.5 Å². The summed E-state index contributed by atoms with van der Waals surface area (Å²) in [5, 5.41) is 0. The molecule has 0 aromatic carbocycles. The lowest BCUT2D eigenvalue weighted by Crippen LogP contribution is -2.67. The van der Waals surface area contributed by atoms with Crippen molar-refractivity contribution < 1.29 is 4.79 Å². The fourth-order valence-corrected chi connectivity index (χ4v) is 5.34. The van der Waals surface area contributed by atoms with E-state index in [2.05, 4.69) is 26.7 Å². The Hall–Kier alpha value is -1.46. The van der Waals surface area contributed by atoms with E-state index in [1.807, 2.05) is 24.5 Å². The Morgan fingerprint density at radius 3 is 2.44 bits per heavy atom. The van der Waals surface area contributed by atoms with Crippen LogP contribution in [0.2, 0.25) is 0 Å². The van der Waals surface area contributed by atoms with E-state index in [1.54, 1.807) is 0 Å². The van der Waals surface area contributed by atoms with Crippen molar-refractivity contribution in [3.8, 4) is 0 Å². The molecular weight excluding hydrogens is 336 g/mol. The van der Waals surface area contributed by atoms with Crippen molar-refractivity contribution >= 4 is 5.91 Å². The molecule has 0 unspecified atom stereocenters. The monoisotopic (exact) mass is 370 g/mol. The molecule has 5 nitrogen and oxygen atoms in total. The molecule has 1 saturated carbocycles. The predicted molar refractivity (Wildman–Crippen MR) is 107 cm³/mol. The topological polar surface area (TPSA) is 39.7 Å². The van der Waals surface area contributed by atoms with Crippen molar-refractivity contribution in [2.24, 2.45) is 5.92 Å². The molecular formula is C22H34N4O. The first-order chi connectivity index (χ1) is 13.2. The predicted octanol–water partition coefficient (Wildman–Crippen LogP) is 2.77. The summed E-state index contributed by atoms with van der Waals surface area (Å²) in [6.45, 7) is 5.88. The lowest BCUT2D eigenvalue weighted by molar-refractivity contribution is -0.155. The summed E-state index contributed by atoms with van der Waals surface area (Å²) in [4.78, 5) is 24.6. The molecule has 0 atom stereocenters. The molecule has 0 bridgehead atoms. The summed E-state index contributed by atoms with van der Waals surface area (Å²) < 4.78 is 0. The third-order valence-corrected chi connectivity index (χ3v) is 7.17. The average Bonchev–Trinajstić information content (AvgIpc) is 2.72. The van der Waals surface area contributed by atoms with Gasteiger partial charge in [-0.05, 0) is 56.3 Å². The molecule has 1 aliphatic carbocycles. The maximum atomic E-state index is 13.5. The number of pyridine rings is 1. The molecule has 27 heavy (non-hydrogen) atoms. The fourth-order valence-electron chi connectivity index (χ4n) is 5.34. The number of aromatic nitrogens is 1. The van der Waals surface area contributed by atoms with Crippen LogP contribution in [0.25, 0.3) is 0 Å². The fraction of sp³-hybridized carbons (Fsp3) is 0.727. The van der Waals surface area contributed by atoms with Gasteiger partial charge in [0.05, 0.1) is 0 Å². The number of likely N-dealkylation sites (N-methyl/N-ethyl adjacent to an activating group) is 1. The molecule has 4 rings (SSSR count). The van der Waals surface area contributed by atoms with Crippen molar-refractivity contribution in [1.82, 2.24) is 19.7 Å². The minimum absolute atomic E-state index is 0.283. The zero-order valence-electron chi connectivity index (χ0n) is 16.8. The normalized spacial score (nSPS) is 25.2. The standard InChI is InChI=1S/C22H34N4O/c1-24-15-16-26(18-20-7-11-23-12-8-20)21(27)22(24)9-13-25(14-10-22)17-19-5-3-2-4-6-19/h7-8,11-12,19H,2-6,9-10,13-18H2,1H3. The zero-order valence-corrected chi connectivity index (χ0v) is 16.8. The van der Waals surface area contributed by atoms with Gasteiger partial charge in [-0.15, -0.1) is 0 Å². The Bertz CT molecular complexity index is 620. The van der Waals surface area contributed by atoms with E-state index in [1.165, 1.54) is 44.2 Å². The number of amides is 1. The summed E-state index contributed by atoms with van der Waals surface area (Å²) >= 11 is 0. The number of hydrogen-bond acceptors (Lipinski definition) is 4. The van der Waals surface area contributed by atoms with E-state index in [-0.39, 0.29) is 5.54 Å². The Labute approximate surface area is 163 Å². The second kappa shape index (κ2) is 8.27. The Balaban J connectivity index is 1.38. The highest BCUT2D eigenvalue weighted by Crippen LogP contribution is 2.34. The van der Waals surface area contributed by atoms with Crippen LogP contribution in [0.15, 0.2) is 24.5 Å². The van der Waals surface area contributed by atoms with Crippen LogP contribution in [-0.4, -0.2) is 70.9 Å². The minimum Gasteiger partial charge on any atom is -0.335 e. The Morgan fingerprint density at radius 2 is 1.74 bits per heavy atom. The number of carbonyl (C=O) groups excluding carboxylic acids is 1. The van der Waals surface area contributed by atoms with Gasteiger partial charge in [0.2, 0.25) is 5.91 Å². The largest absolute Gasteiger partial charge is 0.335 e. The van der Waals surface area contributed by atoms with E-state index >= 15 is 0 Å². The maximum Gasteiger partial charge on any atom is 0.243 e. The van der Waals surface area contributed by atoms with Crippen molar-refractivity contribution in [2.75, 3.05) is 39.8 Å². The van der Waals surface area contributed by atoms with Crippen LogP contribution in [0.4, 0.5) is 0 Å². The lowest BCUT2D eigenvalue weighted by atomic mass is 9.81. The van der Waals surface area contributed by atoms with E-state index in [9.17, 15) is 4.79 Å². The van der Waals surface area contributed by atoms with Gasteiger partial charge in [0, 0.05) is 51.7 Å². The average molecular weight is 371 g/mol. The second-order valence-electron chi connectivity index (χ2n) is 8.84. The number of hydrogen-bond donors (Lipinski definition) is 0. The van der Waals surface area contributed by atoms with Crippen molar-refractivity contribution in [3.63, 3.8) is 0 Å². The minimum atomic E-state index is -0.283. The third kappa shape index (κ3) is 4.04. The molecule has 0 N–H and O–H groups in total. The quantitative estimate of drug-likeness (QED) is 0.817. The molecule has 2 saturated heterocycles. The lowest BCUT2D eigenvalue weighted by Gasteiger charge is -2.52. The van der Waals surface area contributed by atoms with Crippen LogP contribution < -0.4 is 0 Å². The zero-order chi connectivity index (χ0) is 18.7. The van der Waals surface area contributed by atoms with Crippen molar-refractivity contribution in [2.45, 2.75) is 57.0 Å². The molecule has 1 spiro atoms.